The molecule has 3 atom stereocenters. The summed E-state index contributed by atoms with van der Waals surface area (Å²) in [6.45, 7) is 10.1. The fraction of sp³-hybridized carbons (Fsp3) is 1.00. The molecule has 1 N–H and O–H groups in total. The molecule has 1 rings (SSSR count). The van der Waals surface area contributed by atoms with Crippen LogP contribution in [0, 0.1) is 0 Å². The Morgan fingerprint density at radius 1 is 1.47 bits per heavy atom. The lowest BCUT2D eigenvalue weighted by molar-refractivity contribution is 0.0323. The molecule has 1 fully saturated rings. The molecule has 0 amide bonds. The molecule has 0 aliphatic carbocycles. The normalized spacial score (nSPS) is 25.8. The van der Waals surface area contributed by atoms with Crippen LogP contribution in [0.3, 0.4) is 0 Å². The van der Waals surface area contributed by atoms with Gasteiger partial charge in [-0.1, -0.05) is 6.92 Å². The van der Waals surface area contributed by atoms with Gasteiger partial charge in [-0.2, -0.15) is 0 Å². The van der Waals surface area contributed by atoms with Crippen LogP contribution in [-0.2, 0) is 4.74 Å². The van der Waals surface area contributed by atoms with Gasteiger partial charge in [0.05, 0.1) is 6.10 Å². The Kier molecular flexibility index (Phi) is 5.58. The summed E-state index contributed by atoms with van der Waals surface area (Å²) < 4.78 is 5.40. The highest BCUT2D eigenvalue weighted by Crippen LogP contribution is 2.12. The second-order valence-corrected chi connectivity index (χ2v) is 4.56. The minimum Gasteiger partial charge on any atom is -0.380 e. The first kappa shape index (κ1) is 12.9. The highest BCUT2D eigenvalue weighted by Gasteiger charge is 2.23. The van der Waals surface area contributed by atoms with Crippen LogP contribution in [0.15, 0.2) is 0 Å². The SMILES string of the molecule is CCN(CC1CCCN1)C(C)C(C)OC. The number of ether oxygens (including phenoxy) is 1. The zero-order valence-electron chi connectivity index (χ0n) is 10.6. The van der Waals surface area contributed by atoms with Crippen molar-refractivity contribution in [3.63, 3.8) is 0 Å². The predicted octanol–water partition coefficient (Wildman–Crippen LogP) is 1.48. The van der Waals surface area contributed by atoms with Gasteiger partial charge in [0.1, 0.15) is 0 Å². The Hall–Kier alpha value is -0.120. The quantitative estimate of drug-likeness (QED) is 0.725. The van der Waals surface area contributed by atoms with E-state index in [1.165, 1.54) is 19.4 Å². The van der Waals surface area contributed by atoms with Gasteiger partial charge in [0.25, 0.3) is 0 Å². The Bertz CT molecular complexity index is 169. The smallest absolute Gasteiger partial charge is 0.0695 e. The summed E-state index contributed by atoms with van der Waals surface area (Å²) in [5.41, 5.74) is 0. The van der Waals surface area contributed by atoms with Gasteiger partial charge in [-0.15, -0.1) is 0 Å². The summed E-state index contributed by atoms with van der Waals surface area (Å²) in [4.78, 5) is 2.51. The van der Waals surface area contributed by atoms with E-state index in [4.69, 9.17) is 4.74 Å². The number of nitrogens with one attached hydrogen (secondary N) is 1. The molecule has 0 aromatic heterocycles. The van der Waals surface area contributed by atoms with Crippen molar-refractivity contribution in [2.24, 2.45) is 0 Å². The molecule has 0 aromatic carbocycles. The Morgan fingerprint density at radius 3 is 2.67 bits per heavy atom. The molecular formula is C12H26N2O. The number of nitrogens with zero attached hydrogens (tertiary/aromatic N) is 1. The molecule has 1 saturated heterocycles. The molecule has 1 heterocycles. The van der Waals surface area contributed by atoms with Crippen LogP contribution in [0.4, 0.5) is 0 Å². The fourth-order valence-electron chi connectivity index (χ4n) is 2.27. The summed E-state index contributed by atoms with van der Waals surface area (Å²) in [5, 5.41) is 3.55. The molecule has 15 heavy (non-hydrogen) atoms. The molecule has 0 bridgehead atoms. The molecule has 0 saturated carbocycles. The summed E-state index contributed by atoms with van der Waals surface area (Å²) in [6.07, 6.45) is 2.97. The van der Waals surface area contributed by atoms with Crippen LogP contribution in [-0.4, -0.2) is 49.8 Å². The zero-order chi connectivity index (χ0) is 11.3. The van der Waals surface area contributed by atoms with Gasteiger partial charge in [-0.25, -0.2) is 0 Å². The van der Waals surface area contributed by atoms with Crippen LogP contribution >= 0.6 is 0 Å². The molecule has 0 spiro atoms. The van der Waals surface area contributed by atoms with Gasteiger partial charge in [-0.05, 0) is 39.8 Å². The van der Waals surface area contributed by atoms with Crippen LogP contribution in [0.2, 0.25) is 0 Å². The van der Waals surface area contributed by atoms with Gasteiger partial charge >= 0.3 is 0 Å². The van der Waals surface area contributed by atoms with Crippen molar-refractivity contribution in [2.75, 3.05) is 26.7 Å². The zero-order valence-corrected chi connectivity index (χ0v) is 10.6. The van der Waals surface area contributed by atoms with Crippen molar-refractivity contribution in [2.45, 2.75) is 51.8 Å². The maximum atomic E-state index is 5.40. The highest BCUT2D eigenvalue weighted by molar-refractivity contribution is 4.81. The molecule has 3 nitrogen and oxygen atoms in total. The highest BCUT2D eigenvalue weighted by atomic mass is 16.5. The largest absolute Gasteiger partial charge is 0.380 e. The van der Waals surface area contributed by atoms with Crippen molar-refractivity contribution in [1.29, 1.82) is 0 Å². The van der Waals surface area contributed by atoms with Gasteiger partial charge < -0.3 is 10.1 Å². The summed E-state index contributed by atoms with van der Waals surface area (Å²) in [6, 6.07) is 1.19. The summed E-state index contributed by atoms with van der Waals surface area (Å²) >= 11 is 0. The van der Waals surface area contributed by atoms with E-state index >= 15 is 0 Å². The molecular weight excluding hydrogens is 188 g/mol. The first-order chi connectivity index (χ1) is 7.19. The first-order valence-corrected chi connectivity index (χ1v) is 6.19. The fourth-order valence-corrected chi connectivity index (χ4v) is 2.27. The minimum absolute atomic E-state index is 0.311. The van der Waals surface area contributed by atoms with E-state index in [0.717, 1.165) is 13.1 Å². The molecule has 90 valence electrons. The third-order valence-corrected chi connectivity index (χ3v) is 3.65. The standard InChI is InChI=1S/C12H26N2O/c1-5-14(10(2)11(3)15-4)9-12-7-6-8-13-12/h10-13H,5-9H2,1-4H3. The number of rotatable bonds is 6. The first-order valence-electron chi connectivity index (χ1n) is 6.19. The monoisotopic (exact) mass is 214 g/mol. The molecule has 1 aliphatic rings. The van der Waals surface area contributed by atoms with Gasteiger partial charge in [-0.3, -0.25) is 4.90 Å². The lowest BCUT2D eigenvalue weighted by Gasteiger charge is -2.33. The van der Waals surface area contributed by atoms with Gasteiger partial charge in [0, 0.05) is 25.7 Å². The van der Waals surface area contributed by atoms with Crippen LogP contribution in [0.25, 0.3) is 0 Å². The van der Waals surface area contributed by atoms with Crippen molar-refractivity contribution in [3.05, 3.63) is 0 Å². The summed E-state index contributed by atoms with van der Waals surface area (Å²) in [7, 11) is 1.79. The topological polar surface area (TPSA) is 24.5 Å². The molecule has 0 radical (unpaired) electrons. The van der Waals surface area contributed by atoms with Gasteiger partial charge in [0.2, 0.25) is 0 Å². The summed E-state index contributed by atoms with van der Waals surface area (Å²) in [5.74, 6) is 0. The van der Waals surface area contributed by atoms with Crippen molar-refractivity contribution in [1.82, 2.24) is 10.2 Å². The third kappa shape index (κ3) is 3.74. The van der Waals surface area contributed by atoms with E-state index in [-0.39, 0.29) is 0 Å². The number of likely N-dealkylation sites (N-methyl/N-ethyl adjacent to an activating group) is 1. The van der Waals surface area contributed by atoms with Gasteiger partial charge in [0.15, 0.2) is 0 Å². The number of hydrogen-bond acceptors (Lipinski definition) is 3. The maximum absolute atomic E-state index is 5.40. The average Bonchev–Trinajstić information content (AvgIpc) is 2.76. The second-order valence-electron chi connectivity index (χ2n) is 4.56. The average molecular weight is 214 g/mol. The van der Waals surface area contributed by atoms with E-state index in [1.807, 2.05) is 0 Å². The minimum atomic E-state index is 0.311. The maximum Gasteiger partial charge on any atom is 0.0695 e. The Labute approximate surface area is 94.2 Å². The Morgan fingerprint density at radius 2 is 2.20 bits per heavy atom. The molecule has 3 heteroatoms. The van der Waals surface area contributed by atoms with E-state index in [1.54, 1.807) is 7.11 Å². The predicted molar refractivity (Wildman–Crippen MR) is 64.2 cm³/mol. The van der Waals surface area contributed by atoms with Crippen molar-refractivity contribution in [3.8, 4) is 0 Å². The lowest BCUT2D eigenvalue weighted by Crippen LogP contribution is -2.46. The Balaban J connectivity index is 2.39. The number of methoxy groups -OCH3 is 1. The van der Waals surface area contributed by atoms with Crippen LogP contribution < -0.4 is 5.32 Å². The van der Waals surface area contributed by atoms with E-state index in [9.17, 15) is 0 Å². The van der Waals surface area contributed by atoms with Crippen LogP contribution in [0.5, 0.6) is 0 Å². The van der Waals surface area contributed by atoms with Crippen molar-refractivity contribution < 1.29 is 4.74 Å². The third-order valence-electron chi connectivity index (χ3n) is 3.65. The number of hydrogen-bond donors (Lipinski definition) is 1. The van der Waals surface area contributed by atoms with Crippen LogP contribution in [0.1, 0.15) is 33.6 Å². The van der Waals surface area contributed by atoms with Crippen molar-refractivity contribution >= 4 is 0 Å². The second kappa shape index (κ2) is 6.46. The molecule has 0 aromatic rings. The van der Waals surface area contributed by atoms with E-state index in [0.29, 0.717) is 18.2 Å². The lowest BCUT2D eigenvalue weighted by atomic mass is 10.1. The van der Waals surface area contributed by atoms with E-state index < -0.39 is 0 Å². The van der Waals surface area contributed by atoms with E-state index in [2.05, 4.69) is 31.0 Å². The molecule has 1 aliphatic heterocycles. The molecule has 3 unspecified atom stereocenters.